The summed E-state index contributed by atoms with van der Waals surface area (Å²) in [5.41, 5.74) is -0.172. The van der Waals surface area contributed by atoms with E-state index in [1.165, 1.54) is 4.90 Å². The number of halogens is 2. The van der Waals surface area contributed by atoms with Crippen molar-refractivity contribution in [2.75, 3.05) is 13.1 Å². The Hall–Kier alpha value is -1.78. The van der Waals surface area contributed by atoms with E-state index in [-0.39, 0.29) is 23.9 Å². The van der Waals surface area contributed by atoms with Crippen LogP contribution in [0.2, 0.25) is 0 Å². The number of ketones is 1. The van der Waals surface area contributed by atoms with Crippen LogP contribution in [0.5, 0.6) is 0 Å². The molecule has 102 valence electrons. The summed E-state index contributed by atoms with van der Waals surface area (Å²) < 4.78 is 26.2. The zero-order valence-electron chi connectivity index (χ0n) is 10.7. The van der Waals surface area contributed by atoms with E-state index in [1.807, 2.05) is 6.92 Å². The third kappa shape index (κ3) is 2.97. The standard InChI is InChI=1S/C14H15F2NO2/c1-2-9-5-14(19)17(7-9)8-13(18)11-4-3-10(15)6-12(11)16/h3-4,6,9H,2,5,7-8H2,1H3. The lowest BCUT2D eigenvalue weighted by atomic mass is 10.1. The molecule has 1 saturated heterocycles. The largest absolute Gasteiger partial charge is 0.335 e. The molecule has 1 aromatic carbocycles. The third-order valence-electron chi connectivity index (χ3n) is 3.44. The number of Topliss-reactive ketones (excluding diaryl/α,β-unsaturated/α-hetero) is 1. The topological polar surface area (TPSA) is 37.4 Å². The van der Waals surface area contributed by atoms with Gasteiger partial charge in [-0.2, -0.15) is 0 Å². The summed E-state index contributed by atoms with van der Waals surface area (Å²) in [6, 6.07) is 2.83. The van der Waals surface area contributed by atoms with Gasteiger partial charge in [-0.25, -0.2) is 8.78 Å². The summed E-state index contributed by atoms with van der Waals surface area (Å²) in [5.74, 6) is -1.93. The Morgan fingerprint density at radius 1 is 1.42 bits per heavy atom. The minimum Gasteiger partial charge on any atom is -0.335 e. The number of nitrogens with zero attached hydrogens (tertiary/aromatic N) is 1. The fourth-order valence-corrected chi connectivity index (χ4v) is 2.25. The molecule has 1 aliphatic heterocycles. The molecule has 1 aliphatic rings. The molecule has 1 fully saturated rings. The Kier molecular flexibility index (Phi) is 3.93. The SMILES string of the molecule is CCC1CC(=O)N(CC(=O)c2ccc(F)cc2F)C1. The number of likely N-dealkylation sites (tertiary alicyclic amines) is 1. The van der Waals surface area contributed by atoms with Crippen LogP contribution in [0.25, 0.3) is 0 Å². The van der Waals surface area contributed by atoms with Gasteiger partial charge in [0.25, 0.3) is 0 Å². The van der Waals surface area contributed by atoms with E-state index >= 15 is 0 Å². The summed E-state index contributed by atoms with van der Waals surface area (Å²) in [6.07, 6.45) is 1.32. The van der Waals surface area contributed by atoms with E-state index in [2.05, 4.69) is 0 Å². The molecular formula is C14H15F2NO2. The predicted molar refractivity (Wildman–Crippen MR) is 65.7 cm³/mol. The lowest BCUT2D eigenvalue weighted by molar-refractivity contribution is -0.127. The molecule has 0 spiro atoms. The van der Waals surface area contributed by atoms with Gasteiger partial charge in [0.05, 0.1) is 12.1 Å². The van der Waals surface area contributed by atoms with Gasteiger partial charge >= 0.3 is 0 Å². The molecule has 0 aliphatic carbocycles. The Labute approximate surface area is 110 Å². The maximum absolute atomic E-state index is 13.5. The Bertz CT molecular complexity index is 516. The number of amides is 1. The van der Waals surface area contributed by atoms with Crippen LogP contribution in [0, 0.1) is 17.6 Å². The zero-order valence-corrected chi connectivity index (χ0v) is 10.7. The molecule has 19 heavy (non-hydrogen) atoms. The van der Waals surface area contributed by atoms with Crippen molar-refractivity contribution in [2.24, 2.45) is 5.92 Å². The van der Waals surface area contributed by atoms with Crippen molar-refractivity contribution in [1.82, 2.24) is 4.90 Å². The quantitative estimate of drug-likeness (QED) is 0.786. The van der Waals surface area contributed by atoms with Crippen LogP contribution in [-0.2, 0) is 4.79 Å². The van der Waals surface area contributed by atoms with E-state index in [9.17, 15) is 18.4 Å². The molecule has 1 atom stereocenters. The van der Waals surface area contributed by atoms with Gasteiger partial charge in [-0.1, -0.05) is 13.3 Å². The second-order valence-electron chi connectivity index (χ2n) is 4.80. The first-order valence-corrected chi connectivity index (χ1v) is 6.27. The van der Waals surface area contributed by atoms with Crippen LogP contribution in [0.4, 0.5) is 8.78 Å². The first-order valence-electron chi connectivity index (χ1n) is 6.27. The van der Waals surface area contributed by atoms with Crippen LogP contribution in [0.1, 0.15) is 30.1 Å². The van der Waals surface area contributed by atoms with Gasteiger partial charge in [0.1, 0.15) is 11.6 Å². The molecule has 5 heteroatoms. The van der Waals surface area contributed by atoms with Crippen molar-refractivity contribution in [3.63, 3.8) is 0 Å². The summed E-state index contributed by atoms with van der Waals surface area (Å²) in [5, 5.41) is 0. The Balaban J connectivity index is 2.07. The number of benzene rings is 1. The molecule has 0 saturated carbocycles. The molecule has 0 N–H and O–H groups in total. The molecule has 0 bridgehead atoms. The van der Waals surface area contributed by atoms with Crippen LogP contribution in [0.3, 0.4) is 0 Å². The van der Waals surface area contributed by atoms with Gasteiger partial charge < -0.3 is 4.90 Å². The highest BCUT2D eigenvalue weighted by atomic mass is 19.1. The number of carbonyl (C=O) groups is 2. The lowest BCUT2D eigenvalue weighted by Gasteiger charge is -2.15. The number of carbonyl (C=O) groups excluding carboxylic acids is 2. The number of hydrogen-bond acceptors (Lipinski definition) is 2. The van der Waals surface area contributed by atoms with Gasteiger partial charge in [-0.15, -0.1) is 0 Å². The van der Waals surface area contributed by atoms with Crippen molar-refractivity contribution in [2.45, 2.75) is 19.8 Å². The van der Waals surface area contributed by atoms with Gasteiger partial charge in [0.2, 0.25) is 5.91 Å². The molecule has 2 rings (SSSR count). The normalized spacial score (nSPS) is 19.0. The van der Waals surface area contributed by atoms with E-state index < -0.39 is 17.4 Å². The number of hydrogen-bond donors (Lipinski definition) is 0. The van der Waals surface area contributed by atoms with Gasteiger partial charge in [0, 0.05) is 19.0 Å². The van der Waals surface area contributed by atoms with Crippen LogP contribution < -0.4 is 0 Å². The summed E-state index contributed by atoms with van der Waals surface area (Å²) >= 11 is 0. The smallest absolute Gasteiger partial charge is 0.223 e. The van der Waals surface area contributed by atoms with E-state index in [0.29, 0.717) is 19.0 Å². The van der Waals surface area contributed by atoms with Crippen molar-refractivity contribution in [3.8, 4) is 0 Å². The van der Waals surface area contributed by atoms with Crippen molar-refractivity contribution >= 4 is 11.7 Å². The molecule has 1 amide bonds. The first kappa shape index (κ1) is 13.6. The minimum absolute atomic E-state index is 0.0808. The zero-order chi connectivity index (χ0) is 14.0. The minimum atomic E-state index is -0.885. The summed E-state index contributed by atoms with van der Waals surface area (Å²) in [7, 11) is 0. The summed E-state index contributed by atoms with van der Waals surface area (Å²) in [6.45, 7) is 2.38. The van der Waals surface area contributed by atoms with Gasteiger partial charge in [-0.3, -0.25) is 9.59 Å². The average molecular weight is 267 g/mol. The molecule has 1 aromatic rings. The fraction of sp³-hybridized carbons (Fsp3) is 0.429. The molecular weight excluding hydrogens is 252 g/mol. The van der Waals surface area contributed by atoms with E-state index in [4.69, 9.17) is 0 Å². The lowest BCUT2D eigenvalue weighted by Crippen LogP contribution is -2.31. The van der Waals surface area contributed by atoms with Crippen LogP contribution in [0.15, 0.2) is 18.2 Å². The van der Waals surface area contributed by atoms with Crippen LogP contribution >= 0.6 is 0 Å². The molecule has 1 heterocycles. The predicted octanol–water partition coefficient (Wildman–Crippen LogP) is 2.41. The number of rotatable bonds is 4. The van der Waals surface area contributed by atoms with Gasteiger partial charge in [0.15, 0.2) is 5.78 Å². The van der Waals surface area contributed by atoms with Crippen molar-refractivity contribution in [3.05, 3.63) is 35.4 Å². The van der Waals surface area contributed by atoms with E-state index in [0.717, 1.165) is 18.6 Å². The Morgan fingerprint density at radius 2 is 2.16 bits per heavy atom. The maximum atomic E-state index is 13.5. The second kappa shape index (κ2) is 5.47. The molecule has 3 nitrogen and oxygen atoms in total. The Morgan fingerprint density at radius 3 is 2.74 bits per heavy atom. The van der Waals surface area contributed by atoms with Crippen LogP contribution in [-0.4, -0.2) is 29.7 Å². The highest BCUT2D eigenvalue weighted by molar-refractivity contribution is 5.99. The van der Waals surface area contributed by atoms with Crippen molar-refractivity contribution < 1.29 is 18.4 Å². The molecule has 1 unspecified atom stereocenters. The summed E-state index contributed by atoms with van der Waals surface area (Å²) in [4.78, 5) is 25.0. The average Bonchev–Trinajstić information content (AvgIpc) is 2.70. The third-order valence-corrected chi connectivity index (χ3v) is 3.44. The van der Waals surface area contributed by atoms with Crippen molar-refractivity contribution in [1.29, 1.82) is 0 Å². The van der Waals surface area contributed by atoms with E-state index in [1.54, 1.807) is 0 Å². The molecule has 0 aromatic heterocycles. The van der Waals surface area contributed by atoms with Gasteiger partial charge in [-0.05, 0) is 18.1 Å². The monoisotopic (exact) mass is 267 g/mol. The highest BCUT2D eigenvalue weighted by Crippen LogP contribution is 2.21. The fourth-order valence-electron chi connectivity index (χ4n) is 2.25. The first-order chi connectivity index (χ1) is 9.01. The highest BCUT2D eigenvalue weighted by Gasteiger charge is 2.30. The second-order valence-corrected chi connectivity index (χ2v) is 4.80. The molecule has 0 radical (unpaired) electrons. The maximum Gasteiger partial charge on any atom is 0.223 e.